The standard InChI is InChI=1S/C16H19NO4/c1-10-7-17(8-11(2)20-10)9-12-5-16(19)21-15-4-3-13(18)6-14(12)15/h3-6,10-11,18H,7-9H2,1-2H3/p+1/t10-,11+. The lowest BCUT2D eigenvalue weighted by atomic mass is 10.1. The first-order valence-corrected chi connectivity index (χ1v) is 7.26. The van der Waals surface area contributed by atoms with Crippen LogP contribution < -0.4 is 10.5 Å². The molecule has 5 heteroatoms. The van der Waals surface area contributed by atoms with E-state index in [0.29, 0.717) is 5.58 Å². The lowest BCUT2D eigenvalue weighted by Crippen LogP contribution is -3.14. The van der Waals surface area contributed by atoms with Gasteiger partial charge in [-0.2, -0.15) is 0 Å². The highest BCUT2D eigenvalue weighted by Gasteiger charge is 2.26. The third-order valence-electron chi connectivity index (χ3n) is 3.87. The largest absolute Gasteiger partial charge is 0.508 e. The molecule has 1 saturated heterocycles. The van der Waals surface area contributed by atoms with Gasteiger partial charge in [-0.3, -0.25) is 0 Å². The maximum absolute atomic E-state index is 11.7. The summed E-state index contributed by atoms with van der Waals surface area (Å²) in [4.78, 5) is 13.1. The molecule has 3 atom stereocenters. The van der Waals surface area contributed by atoms with Crippen molar-refractivity contribution in [2.45, 2.75) is 32.6 Å². The quantitative estimate of drug-likeness (QED) is 0.799. The molecule has 0 spiro atoms. The highest BCUT2D eigenvalue weighted by atomic mass is 16.5. The number of hydrogen-bond acceptors (Lipinski definition) is 4. The summed E-state index contributed by atoms with van der Waals surface area (Å²) in [6.45, 7) is 6.68. The smallest absolute Gasteiger partial charge is 0.336 e. The van der Waals surface area contributed by atoms with Crippen molar-refractivity contribution in [2.24, 2.45) is 0 Å². The van der Waals surface area contributed by atoms with Crippen LogP contribution in [0.25, 0.3) is 11.0 Å². The predicted octanol–water partition coefficient (Wildman–Crippen LogP) is 0.691. The summed E-state index contributed by atoms with van der Waals surface area (Å²) in [6, 6.07) is 6.34. The molecule has 1 aromatic carbocycles. The number of morpholine rings is 1. The number of nitrogens with one attached hydrogen (secondary N) is 1. The zero-order valence-electron chi connectivity index (χ0n) is 12.3. The topological polar surface area (TPSA) is 64.1 Å². The molecule has 1 aliphatic heterocycles. The maximum atomic E-state index is 11.7. The van der Waals surface area contributed by atoms with E-state index in [9.17, 15) is 9.90 Å². The fourth-order valence-corrected chi connectivity index (χ4v) is 3.16. The summed E-state index contributed by atoms with van der Waals surface area (Å²) < 4.78 is 10.9. The Bertz CT molecular complexity index is 699. The SMILES string of the molecule is C[C@@H]1C[NH+](Cc2cc(=O)oc3ccc(O)cc23)C[C@H](C)O1. The van der Waals surface area contributed by atoms with E-state index in [1.54, 1.807) is 12.1 Å². The molecule has 2 N–H and O–H groups in total. The lowest BCUT2D eigenvalue weighted by molar-refractivity contribution is -0.928. The van der Waals surface area contributed by atoms with Crippen LogP contribution in [0.4, 0.5) is 0 Å². The van der Waals surface area contributed by atoms with Crippen LogP contribution in [0.15, 0.2) is 33.5 Å². The van der Waals surface area contributed by atoms with Gasteiger partial charge in [0.15, 0.2) is 0 Å². The second-order valence-corrected chi connectivity index (χ2v) is 5.86. The summed E-state index contributed by atoms with van der Waals surface area (Å²) in [5.41, 5.74) is 1.08. The van der Waals surface area contributed by atoms with Gasteiger partial charge >= 0.3 is 5.63 Å². The molecule has 0 radical (unpaired) electrons. The Hall–Kier alpha value is -1.85. The Kier molecular flexibility index (Phi) is 3.69. The van der Waals surface area contributed by atoms with E-state index in [-0.39, 0.29) is 23.6 Å². The van der Waals surface area contributed by atoms with Gasteiger partial charge in [-0.25, -0.2) is 4.79 Å². The fraction of sp³-hybridized carbons (Fsp3) is 0.438. The summed E-state index contributed by atoms with van der Waals surface area (Å²) in [5.74, 6) is 0.177. The molecule has 21 heavy (non-hydrogen) atoms. The van der Waals surface area contributed by atoms with Gasteiger partial charge < -0.3 is 19.2 Å². The first-order valence-electron chi connectivity index (χ1n) is 7.26. The second-order valence-electron chi connectivity index (χ2n) is 5.86. The minimum absolute atomic E-state index is 0.177. The van der Waals surface area contributed by atoms with Crippen LogP contribution in [0.1, 0.15) is 19.4 Å². The van der Waals surface area contributed by atoms with Gasteiger partial charge in [-0.15, -0.1) is 0 Å². The van der Waals surface area contributed by atoms with Gasteiger partial charge in [0.2, 0.25) is 0 Å². The van der Waals surface area contributed by atoms with Crippen molar-refractivity contribution >= 4 is 11.0 Å². The number of fused-ring (bicyclic) bond motifs is 1. The molecule has 0 aliphatic carbocycles. The highest BCUT2D eigenvalue weighted by molar-refractivity contribution is 5.81. The number of benzene rings is 1. The van der Waals surface area contributed by atoms with E-state index in [1.165, 1.54) is 17.0 Å². The molecule has 2 aromatic rings. The molecule has 0 saturated carbocycles. The van der Waals surface area contributed by atoms with Gasteiger partial charge in [0.05, 0.1) is 0 Å². The molecule has 0 amide bonds. The van der Waals surface area contributed by atoms with Crippen LogP contribution in [0.3, 0.4) is 0 Å². The van der Waals surface area contributed by atoms with E-state index in [0.717, 1.165) is 30.6 Å². The molecule has 112 valence electrons. The van der Waals surface area contributed by atoms with Gasteiger partial charge in [0, 0.05) is 17.0 Å². The highest BCUT2D eigenvalue weighted by Crippen LogP contribution is 2.21. The number of hydrogen-bond donors (Lipinski definition) is 2. The Morgan fingerprint density at radius 3 is 2.67 bits per heavy atom. The average Bonchev–Trinajstić information content (AvgIpc) is 2.38. The Balaban J connectivity index is 1.96. The molecular weight excluding hydrogens is 270 g/mol. The van der Waals surface area contributed by atoms with Crippen molar-refractivity contribution in [1.29, 1.82) is 0 Å². The van der Waals surface area contributed by atoms with Crippen molar-refractivity contribution in [3.8, 4) is 5.75 Å². The van der Waals surface area contributed by atoms with E-state index < -0.39 is 0 Å². The van der Waals surface area contributed by atoms with Crippen LogP contribution >= 0.6 is 0 Å². The van der Waals surface area contributed by atoms with Crippen LogP contribution in [0.2, 0.25) is 0 Å². The monoisotopic (exact) mass is 290 g/mol. The van der Waals surface area contributed by atoms with E-state index in [4.69, 9.17) is 9.15 Å². The number of aromatic hydroxyl groups is 1. The number of quaternary nitrogens is 1. The molecule has 5 nitrogen and oxygen atoms in total. The van der Waals surface area contributed by atoms with Crippen LogP contribution in [0, 0.1) is 0 Å². The Morgan fingerprint density at radius 2 is 1.95 bits per heavy atom. The van der Waals surface area contributed by atoms with Crippen molar-refractivity contribution in [1.82, 2.24) is 0 Å². The second kappa shape index (κ2) is 5.50. The van der Waals surface area contributed by atoms with Crippen molar-refractivity contribution < 1.29 is 19.2 Å². The molecule has 1 aromatic heterocycles. The first-order chi connectivity index (χ1) is 10.0. The van der Waals surface area contributed by atoms with Crippen molar-refractivity contribution in [2.75, 3.05) is 13.1 Å². The molecule has 1 aliphatic rings. The number of rotatable bonds is 2. The van der Waals surface area contributed by atoms with E-state index in [2.05, 4.69) is 13.8 Å². The Morgan fingerprint density at radius 1 is 1.24 bits per heavy atom. The zero-order chi connectivity index (χ0) is 15.0. The first kappa shape index (κ1) is 14.1. The average molecular weight is 290 g/mol. The number of phenols is 1. The molecule has 1 fully saturated rings. The summed E-state index contributed by atoms with van der Waals surface area (Å²) >= 11 is 0. The normalized spacial score (nSPS) is 26.1. The van der Waals surface area contributed by atoms with E-state index >= 15 is 0 Å². The van der Waals surface area contributed by atoms with Gasteiger partial charge in [0.25, 0.3) is 0 Å². The van der Waals surface area contributed by atoms with Crippen LogP contribution in [-0.2, 0) is 11.3 Å². The predicted molar refractivity (Wildman–Crippen MR) is 78.6 cm³/mol. The van der Waals surface area contributed by atoms with E-state index in [1.807, 2.05) is 0 Å². The maximum Gasteiger partial charge on any atom is 0.336 e. The van der Waals surface area contributed by atoms with Crippen LogP contribution in [-0.4, -0.2) is 30.4 Å². The van der Waals surface area contributed by atoms with Crippen molar-refractivity contribution in [3.05, 3.63) is 40.2 Å². The minimum atomic E-state index is -0.350. The van der Waals surface area contributed by atoms with Gasteiger partial charge in [-0.1, -0.05) is 0 Å². The van der Waals surface area contributed by atoms with Gasteiger partial charge in [-0.05, 0) is 32.0 Å². The third-order valence-corrected chi connectivity index (χ3v) is 3.87. The summed E-state index contributed by atoms with van der Waals surface area (Å²) in [7, 11) is 0. The van der Waals surface area contributed by atoms with Gasteiger partial charge in [0.1, 0.15) is 43.2 Å². The molecule has 0 bridgehead atoms. The summed E-state index contributed by atoms with van der Waals surface area (Å²) in [5, 5.41) is 10.5. The molecule has 2 heterocycles. The van der Waals surface area contributed by atoms with Crippen molar-refractivity contribution in [3.63, 3.8) is 0 Å². The molecule has 1 unspecified atom stereocenters. The molecular formula is C16H20NO4+. The number of ether oxygens (including phenoxy) is 1. The summed E-state index contributed by atoms with van der Waals surface area (Å²) in [6.07, 6.45) is 0.423. The zero-order valence-corrected chi connectivity index (χ0v) is 12.3. The Labute approximate surface area is 122 Å². The molecule has 3 rings (SSSR count). The minimum Gasteiger partial charge on any atom is -0.508 e. The lowest BCUT2D eigenvalue weighted by Gasteiger charge is -2.32. The number of phenolic OH excluding ortho intramolecular Hbond substituents is 1. The van der Waals surface area contributed by atoms with Crippen LogP contribution in [0.5, 0.6) is 5.75 Å². The third kappa shape index (κ3) is 3.09. The fourth-order valence-electron chi connectivity index (χ4n) is 3.16.